The van der Waals surface area contributed by atoms with Crippen molar-refractivity contribution in [3.05, 3.63) is 0 Å². The number of hydrogen-bond acceptors (Lipinski definition) is 3. The zero-order chi connectivity index (χ0) is 20.9. The van der Waals surface area contributed by atoms with Gasteiger partial charge in [0.2, 0.25) is 5.91 Å². The summed E-state index contributed by atoms with van der Waals surface area (Å²) in [6.07, 6.45) is 12.6. The van der Waals surface area contributed by atoms with Gasteiger partial charge < -0.3 is 5.32 Å². The molecule has 2 atom stereocenters. The van der Waals surface area contributed by atoms with E-state index in [0.717, 1.165) is 49.9 Å². The summed E-state index contributed by atoms with van der Waals surface area (Å²) in [6.45, 7) is 4.36. The number of carbonyl (C=O) groups is 1. The van der Waals surface area contributed by atoms with Crippen LogP contribution in [0.15, 0.2) is 0 Å². The molecular formula is C23H39N3O3S. The lowest BCUT2D eigenvalue weighted by atomic mass is 9.48. The van der Waals surface area contributed by atoms with Crippen molar-refractivity contribution in [2.75, 3.05) is 26.2 Å². The van der Waals surface area contributed by atoms with Crippen LogP contribution in [0.5, 0.6) is 0 Å². The fourth-order valence-corrected chi connectivity index (χ4v) is 9.59. The average molecular weight is 438 g/mol. The van der Waals surface area contributed by atoms with Crippen LogP contribution < -0.4 is 5.32 Å². The van der Waals surface area contributed by atoms with Gasteiger partial charge >= 0.3 is 0 Å². The van der Waals surface area contributed by atoms with Crippen LogP contribution in [0.3, 0.4) is 0 Å². The Kier molecular flexibility index (Phi) is 5.68. The number of carbonyl (C=O) groups excluding carboxylic acids is 1. The Hall–Kier alpha value is -0.660. The van der Waals surface area contributed by atoms with Crippen molar-refractivity contribution < 1.29 is 13.2 Å². The van der Waals surface area contributed by atoms with Crippen LogP contribution in [0.4, 0.5) is 0 Å². The van der Waals surface area contributed by atoms with E-state index < -0.39 is 10.2 Å². The van der Waals surface area contributed by atoms with Crippen LogP contribution in [-0.2, 0) is 15.0 Å². The second-order valence-electron chi connectivity index (χ2n) is 11.2. The third-order valence-electron chi connectivity index (χ3n) is 9.09. The summed E-state index contributed by atoms with van der Waals surface area (Å²) in [5, 5.41) is 3.38. The Morgan fingerprint density at radius 2 is 1.47 bits per heavy atom. The Morgan fingerprint density at radius 1 is 0.900 bits per heavy atom. The van der Waals surface area contributed by atoms with Gasteiger partial charge in [-0.25, -0.2) is 0 Å². The van der Waals surface area contributed by atoms with E-state index >= 15 is 0 Å². The first-order valence-electron chi connectivity index (χ1n) is 12.4. The third-order valence-corrected chi connectivity index (χ3v) is 11.1. The molecule has 7 heteroatoms. The summed E-state index contributed by atoms with van der Waals surface area (Å²) in [4.78, 5) is 13.2. The molecule has 0 spiro atoms. The zero-order valence-corrected chi connectivity index (χ0v) is 19.3. The van der Waals surface area contributed by atoms with E-state index in [-0.39, 0.29) is 17.9 Å². The van der Waals surface area contributed by atoms with Gasteiger partial charge in [-0.1, -0.05) is 6.42 Å². The highest BCUT2D eigenvalue weighted by molar-refractivity contribution is 7.86. The summed E-state index contributed by atoms with van der Waals surface area (Å²) in [6, 6.07) is 0.201. The Labute approximate surface area is 182 Å². The van der Waals surface area contributed by atoms with Crippen molar-refractivity contribution in [1.82, 2.24) is 13.9 Å². The molecule has 0 aromatic carbocycles. The van der Waals surface area contributed by atoms with Gasteiger partial charge in [-0.2, -0.15) is 17.0 Å². The predicted molar refractivity (Wildman–Crippen MR) is 117 cm³/mol. The van der Waals surface area contributed by atoms with Gasteiger partial charge in [0.15, 0.2) is 0 Å². The SMILES string of the molecule is CC(NC(=O)C1CCCN(S(=O)(=O)N2CCCCC2)C1)C12CC3CC(CC(C3)C1)C2. The molecule has 1 N–H and O–H groups in total. The molecule has 2 saturated heterocycles. The highest BCUT2D eigenvalue weighted by atomic mass is 32.2. The van der Waals surface area contributed by atoms with Gasteiger partial charge in [0.25, 0.3) is 10.2 Å². The van der Waals surface area contributed by atoms with Crippen molar-refractivity contribution in [2.24, 2.45) is 29.1 Å². The molecule has 6 aliphatic rings. The molecule has 4 saturated carbocycles. The van der Waals surface area contributed by atoms with E-state index in [4.69, 9.17) is 0 Å². The zero-order valence-electron chi connectivity index (χ0n) is 18.5. The maximum atomic E-state index is 13.2. The van der Waals surface area contributed by atoms with Crippen LogP contribution in [0.2, 0.25) is 0 Å². The quantitative estimate of drug-likeness (QED) is 0.718. The lowest BCUT2D eigenvalue weighted by Gasteiger charge is -2.59. The largest absolute Gasteiger partial charge is 0.353 e. The molecular weight excluding hydrogens is 398 g/mol. The van der Waals surface area contributed by atoms with Gasteiger partial charge in [-0.3, -0.25) is 4.79 Å². The van der Waals surface area contributed by atoms with Gasteiger partial charge in [-0.05, 0) is 94.3 Å². The topological polar surface area (TPSA) is 69.7 Å². The molecule has 170 valence electrons. The number of hydrogen-bond donors (Lipinski definition) is 1. The smallest absolute Gasteiger partial charge is 0.281 e. The van der Waals surface area contributed by atoms with E-state index in [1.165, 1.54) is 38.5 Å². The van der Waals surface area contributed by atoms with Crippen molar-refractivity contribution >= 4 is 16.1 Å². The van der Waals surface area contributed by atoms with Gasteiger partial charge in [0, 0.05) is 32.2 Å². The van der Waals surface area contributed by atoms with Gasteiger partial charge in [-0.15, -0.1) is 0 Å². The number of piperidine rings is 2. The van der Waals surface area contributed by atoms with Crippen LogP contribution >= 0.6 is 0 Å². The Balaban J connectivity index is 1.22. The molecule has 0 aromatic heterocycles. The second kappa shape index (κ2) is 8.04. The maximum Gasteiger partial charge on any atom is 0.281 e. The Morgan fingerprint density at radius 3 is 2.07 bits per heavy atom. The van der Waals surface area contributed by atoms with Crippen molar-refractivity contribution in [2.45, 2.75) is 83.6 Å². The lowest BCUT2D eigenvalue weighted by molar-refractivity contribution is -0.130. The monoisotopic (exact) mass is 437 g/mol. The minimum absolute atomic E-state index is 0.0804. The molecule has 4 aliphatic carbocycles. The van der Waals surface area contributed by atoms with Crippen LogP contribution in [0.1, 0.15) is 77.6 Å². The van der Waals surface area contributed by atoms with E-state index in [1.807, 2.05) is 0 Å². The first-order valence-corrected chi connectivity index (χ1v) is 13.8. The molecule has 4 bridgehead atoms. The van der Waals surface area contributed by atoms with Crippen molar-refractivity contribution in [3.8, 4) is 0 Å². The molecule has 2 aliphatic heterocycles. The molecule has 2 heterocycles. The number of rotatable bonds is 5. The molecule has 6 fully saturated rings. The highest BCUT2D eigenvalue weighted by Crippen LogP contribution is 2.61. The minimum Gasteiger partial charge on any atom is -0.353 e. The lowest BCUT2D eigenvalue weighted by Crippen LogP contribution is -2.57. The average Bonchev–Trinajstić information content (AvgIpc) is 2.73. The van der Waals surface area contributed by atoms with E-state index in [2.05, 4.69) is 12.2 Å². The highest BCUT2D eigenvalue weighted by Gasteiger charge is 2.53. The third kappa shape index (κ3) is 3.83. The first kappa shape index (κ1) is 21.2. The fraction of sp³-hybridized carbons (Fsp3) is 0.957. The van der Waals surface area contributed by atoms with E-state index in [0.29, 0.717) is 31.6 Å². The number of nitrogens with zero attached hydrogens (tertiary/aromatic N) is 2. The first-order chi connectivity index (χ1) is 14.4. The van der Waals surface area contributed by atoms with Crippen LogP contribution in [0, 0.1) is 29.1 Å². The summed E-state index contributed by atoms with van der Waals surface area (Å²) in [5.74, 6) is 2.48. The molecule has 30 heavy (non-hydrogen) atoms. The molecule has 6 nitrogen and oxygen atoms in total. The van der Waals surface area contributed by atoms with Gasteiger partial charge in [0.1, 0.15) is 0 Å². The summed E-state index contributed by atoms with van der Waals surface area (Å²) >= 11 is 0. The molecule has 1 amide bonds. The summed E-state index contributed by atoms with van der Waals surface area (Å²) in [7, 11) is -3.43. The second-order valence-corrected chi connectivity index (χ2v) is 13.1. The Bertz CT molecular complexity index is 726. The standard InChI is InChI=1S/C23H39N3O3S/c1-17(23-13-18-10-19(14-23)12-20(11-18)15-23)24-22(27)21-6-5-9-26(16-21)30(28,29)25-7-3-2-4-8-25/h17-21H,2-16H2,1H3,(H,24,27). The predicted octanol–water partition coefficient (Wildman–Crippen LogP) is 3.15. The fourth-order valence-electron chi connectivity index (χ4n) is 7.82. The summed E-state index contributed by atoms with van der Waals surface area (Å²) in [5.41, 5.74) is 0.290. The molecule has 0 aromatic rings. The van der Waals surface area contributed by atoms with Crippen LogP contribution in [-0.4, -0.2) is 55.2 Å². The van der Waals surface area contributed by atoms with E-state index in [9.17, 15) is 13.2 Å². The van der Waals surface area contributed by atoms with E-state index in [1.54, 1.807) is 8.61 Å². The summed E-state index contributed by atoms with van der Waals surface area (Å²) < 4.78 is 29.4. The van der Waals surface area contributed by atoms with Gasteiger partial charge in [0.05, 0.1) is 5.92 Å². The minimum atomic E-state index is -3.43. The van der Waals surface area contributed by atoms with Crippen molar-refractivity contribution in [1.29, 1.82) is 0 Å². The molecule has 0 radical (unpaired) electrons. The molecule has 6 rings (SSSR count). The number of amides is 1. The van der Waals surface area contributed by atoms with Crippen molar-refractivity contribution in [3.63, 3.8) is 0 Å². The maximum absolute atomic E-state index is 13.2. The normalized spacial score (nSPS) is 41.0. The van der Waals surface area contributed by atoms with Crippen LogP contribution in [0.25, 0.3) is 0 Å². The number of nitrogens with one attached hydrogen (secondary N) is 1. The molecule has 2 unspecified atom stereocenters.